The highest BCUT2D eigenvalue weighted by molar-refractivity contribution is 7.99. The molecule has 2 aliphatic heterocycles. The summed E-state index contributed by atoms with van der Waals surface area (Å²) in [7, 11) is 2.20. The minimum absolute atomic E-state index is 0. The molecule has 154 valence electrons. The first-order valence-electron chi connectivity index (χ1n) is 8.69. The molecule has 0 radical (unpaired) electrons. The topological polar surface area (TPSA) is 47.2 Å². The molecule has 0 unspecified atom stereocenters. The second kappa shape index (κ2) is 11.2. The molecule has 1 aromatic carbocycles. The van der Waals surface area contributed by atoms with Gasteiger partial charge in [0.2, 0.25) is 0 Å². The molecule has 27 heavy (non-hydrogen) atoms. The van der Waals surface area contributed by atoms with E-state index in [9.17, 15) is 0 Å². The number of thioether (sulfide) groups is 1. The molecule has 10 heteroatoms. The fraction of sp³-hybridized carbons (Fsp3) is 0.588. The third kappa shape index (κ3) is 5.95. The number of piperazine rings is 1. The number of H-pyrrole nitrogens is 1. The highest BCUT2D eigenvalue weighted by Crippen LogP contribution is 2.34. The molecule has 2 N–H and O–H groups in total. The number of aromatic amines is 1. The maximum Gasteiger partial charge on any atom is 0.166 e. The lowest BCUT2D eigenvalue weighted by atomic mass is 10.1. The monoisotopic (exact) mass is 473 g/mol. The summed E-state index contributed by atoms with van der Waals surface area (Å²) in [4.78, 5) is 13.0. The van der Waals surface area contributed by atoms with Gasteiger partial charge in [0.05, 0.1) is 21.7 Å². The highest BCUT2D eigenvalue weighted by Gasteiger charge is 2.20. The second-order valence-electron chi connectivity index (χ2n) is 6.72. The first-order valence-corrected chi connectivity index (χ1v) is 9.95. The summed E-state index contributed by atoms with van der Waals surface area (Å²) < 4.78 is 0. The zero-order valence-electron chi connectivity index (χ0n) is 15.2. The molecule has 1 aromatic heterocycles. The molecule has 4 rings (SSSR count). The van der Waals surface area contributed by atoms with E-state index in [-0.39, 0.29) is 37.2 Å². The number of benzene rings is 1. The number of anilines is 1. The first kappa shape index (κ1) is 25.0. The van der Waals surface area contributed by atoms with Crippen LogP contribution in [0.5, 0.6) is 0 Å². The van der Waals surface area contributed by atoms with Crippen molar-refractivity contribution in [1.82, 2.24) is 20.2 Å². The van der Waals surface area contributed by atoms with E-state index in [2.05, 4.69) is 33.2 Å². The predicted octanol–water partition coefficient (Wildman–Crippen LogP) is 4.08. The van der Waals surface area contributed by atoms with Crippen LogP contribution < -0.4 is 10.2 Å². The van der Waals surface area contributed by atoms with Crippen LogP contribution in [0.3, 0.4) is 0 Å². The Hall–Kier alpha value is -0.0800. The number of fused-ring (bicyclic) bond motifs is 1. The number of piperidine rings is 1. The van der Waals surface area contributed by atoms with Gasteiger partial charge in [-0.25, -0.2) is 4.98 Å². The van der Waals surface area contributed by atoms with Gasteiger partial charge < -0.3 is 20.1 Å². The molecular weight excluding hydrogens is 448 g/mol. The maximum absolute atomic E-state index is 6.53. The lowest BCUT2D eigenvalue weighted by molar-refractivity contribution is 0.282. The van der Waals surface area contributed by atoms with Gasteiger partial charge in [-0.3, -0.25) is 0 Å². The molecule has 0 saturated carbocycles. The summed E-state index contributed by atoms with van der Waals surface area (Å²) in [6, 6.07) is 4.16. The third-order valence-corrected chi connectivity index (χ3v) is 6.45. The van der Waals surface area contributed by atoms with Crippen molar-refractivity contribution >= 4 is 77.3 Å². The second-order valence-corrected chi connectivity index (χ2v) is 8.42. The standard InChI is InChI=1S/C17H24ClN5S.3ClH/c1-22-6-2-12(3-7-22)24-17-20-14-10-13(18)16(11-15(14)21-17)23-8-4-19-5-9-23;;;/h10-12,19H,2-9H2,1H3,(H,20,21);3*1H. The molecule has 2 saturated heterocycles. The quantitative estimate of drug-likeness (QED) is 0.701. The Morgan fingerprint density at radius 1 is 1.07 bits per heavy atom. The van der Waals surface area contributed by atoms with E-state index in [0.717, 1.165) is 53.1 Å². The fourth-order valence-corrected chi connectivity index (χ4v) is 4.82. The number of likely N-dealkylation sites (tertiary alicyclic amines) is 1. The number of nitrogens with one attached hydrogen (secondary N) is 2. The molecule has 5 nitrogen and oxygen atoms in total. The van der Waals surface area contributed by atoms with Gasteiger partial charge in [-0.2, -0.15) is 0 Å². The summed E-state index contributed by atoms with van der Waals surface area (Å²) in [5.74, 6) is 0. The van der Waals surface area contributed by atoms with Gasteiger partial charge >= 0.3 is 0 Å². The molecule has 2 aromatic rings. The van der Waals surface area contributed by atoms with Gasteiger partial charge in [-0.05, 0) is 45.1 Å². The Morgan fingerprint density at radius 3 is 2.41 bits per heavy atom. The molecule has 0 bridgehead atoms. The number of nitrogens with zero attached hydrogens (tertiary/aromatic N) is 3. The van der Waals surface area contributed by atoms with E-state index in [1.54, 1.807) is 0 Å². The molecule has 2 aliphatic rings. The summed E-state index contributed by atoms with van der Waals surface area (Å²) in [6.45, 7) is 6.37. The van der Waals surface area contributed by atoms with Crippen LogP contribution in [0.15, 0.2) is 17.3 Å². The normalized spacial score (nSPS) is 18.5. The van der Waals surface area contributed by atoms with Crippen molar-refractivity contribution in [1.29, 1.82) is 0 Å². The van der Waals surface area contributed by atoms with Gasteiger partial charge in [0.1, 0.15) is 0 Å². The number of hydrogen-bond acceptors (Lipinski definition) is 5. The van der Waals surface area contributed by atoms with Crippen LogP contribution in [-0.4, -0.2) is 66.4 Å². The number of imidazole rings is 1. The summed E-state index contributed by atoms with van der Waals surface area (Å²) in [5.41, 5.74) is 3.17. The van der Waals surface area contributed by atoms with Crippen molar-refractivity contribution in [3.8, 4) is 0 Å². The third-order valence-electron chi connectivity index (χ3n) is 4.93. The van der Waals surface area contributed by atoms with Gasteiger partial charge in [0.15, 0.2) is 5.16 Å². The van der Waals surface area contributed by atoms with E-state index in [4.69, 9.17) is 16.6 Å². The fourth-order valence-electron chi connectivity index (χ4n) is 3.46. The van der Waals surface area contributed by atoms with Crippen LogP contribution in [0.1, 0.15) is 12.8 Å². The molecule has 2 fully saturated rings. The van der Waals surface area contributed by atoms with Crippen LogP contribution >= 0.6 is 60.6 Å². The first-order chi connectivity index (χ1) is 11.7. The highest BCUT2D eigenvalue weighted by atomic mass is 35.5. The Morgan fingerprint density at radius 2 is 1.74 bits per heavy atom. The lowest BCUT2D eigenvalue weighted by Crippen LogP contribution is -2.43. The minimum atomic E-state index is 0. The van der Waals surface area contributed by atoms with Gasteiger partial charge in [-0.15, -0.1) is 37.2 Å². The molecule has 0 amide bonds. The Labute approximate surface area is 188 Å². The van der Waals surface area contributed by atoms with Gasteiger partial charge in [0.25, 0.3) is 0 Å². The van der Waals surface area contributed by atoms with Crippen molar-refractivity contribution < 1.29 is 0 Å². The van der Waals surface area contributed by atoms with E-state index >= 15 is 0 Å². The Balaban J connectivity index is 0.00000121. The molecule has 0 spiro atoms. The number of halogens is 4. The molecule has 3 heterocycles. The van der Waals surface area contributed by atoms with Crippen molar-refractivity contribution in [3.05, 3.63) is 17.2 Å². The maximum atomic E-state index is 6.53. The molecule has 0 atom stereocenters. The zero-order chi connectivity index (χ0) is 16.5. The lowest BCUT2D eigenvalue weighted by Gasteiger charge is -2.30. The van der Waals surface area contributed by atoms with Gasteiger partial charge in [-0.1, -0.05) is 23.4 Å². The van der Waals surface area contributed by atoms with Crippen molar-refractivity contribution in [2.75, 3.05) is 51.2 Å². The van der Waals surface area contributed by atoms with E-state index in [1.807, 2.05) is 17.8 Å². The predicted molar refractivity (Wildman–Crippen MR) is 124 cm³/mol. The van der Waals surface area contributed by atoms with Crippen molar-refractivity contribution in [3.63, 3.8) is 0 Å². The molecule has 0 aliphatic carbocycles. The Kier molecular flexibility index (Phi) is 10.3. The van der Waals surface area contributed by atoms with E-state index in [0.29, 0.717) is 5.25 Å². The van der Waals surface area contributed by atoms with Crippen LogP contribution in [0.4, 0.5) is 5.69 Å². The van der Waals surface area contributed by atoms with Crippen LogP contribution in [0.25, 0.3) is 11.0 Å². The van der Waals surface area contributed by atoms with Crippen LogP contribution in [0.2, 0.25) is 5.02 Å². The number of hydrogen-bond donors (Lipinski definition) is 2. The van der Waals surface area contributed by atoms with E-state index < -0.39 is 0 Å². The summed E-state index contributed by atoms with van der Waals surface area (Å²) in [6.07, 6.45) is 2.45. The summed E-state index contributed by atoms with van der Waals surface area (Å²) >= 11 is 8.41. The minimum Gasteiger partial charge on any atom is -0.368 e. The smallest absolute Gasteiger partial charge is 0.166 e. The van der Waals surface area contributed by atoms with Gasteiger partial charge in [0, 0.05) is 31.4 Å². The van der Waals surface area contributed by atoms with Crippen LogP contribution in [0, 0.1) is 0 Å². The Bertz CT molecular complexity index is 715. The van der Waals surface area contributed by atoms with E-state index in [1.165, 1.54) is 25.9 Å². The largest absolute Gasteiger partial charge is 0.368 e. The SMILES string of the molecule is CN1CCC(Sc2nc3cc(Cl)c(N4CCNCC4)cc3[nH]2)CC1.Cl.Cl.Cl. The van der Waals surface area contributed by atoms with Crippen LogP contribution in [-0.2, 0) is 0 Å². The van der Waals surface area contributed by atoms with Crippen molar-refractivity contribution in [2.45, 2.75) is 23.2 Å². The molecular formula is C17H27Cl4N5S. The summed E-state index contributed by atoms with van der Waals surface area (Å²) in [5, 5.41) is 5.86. The zero-order valence-corrected chi connectivity index (χ0v) is 19.3. The average Bonchev–Trinajstić information content (AvgIpc) is 2.98. The number of aromatic nitrogens is 2. The number of rotatable bonds is 3. The average molecular weight is 475 g/mol. The van der Waals surface area contributed by atoms with Crippen molar-refractivity contribution in [2.24, 2.45) is 0 Å².